The fourth-order valence-electron chi connectivity index (χ4n) is 1.68. The molecule has 1 heterocycles. The van der Waals surface area contributed by atoms with Gasteiger partial charge < -0.3 is 9.84 Å². The van der Waals surface area contributed by atoms with Crippen LogP contribution in [0, 0.1) is 6.92 Å². The Hall–Kier alpha value is -1.36. The average molecular weight is 310 g/mol. The number of rotatable bonds is 5. The van der Waals surface area contributed by atoms with E-state index in [1.807, 2.05) is 12.1 Å². The number of anilines is 1. The summed E-state index contributed by atoms with van der Waals surface area (Å²) < 4.78 is 6.25. The smallest absolute Gasteiger partial charge is 0.245 e. The molecule has 2 aromatic rings. The third-order valence-electron chi connectivity index (χ3n) is 2.60. The van der Waals surface area contributed by atoms with Gasteiger partial charge in [0.15, 0.2) is 5.82 Å². The lowest BCUT2D eigenvalue weighted by atomic mass is 10.2. The predicted molar refractivity (Wildman–Crippen MR) is 74.5 cm³/mol. The zero-order chi connectivity index (χ0) is 13.0. The van der Waals surface area contributed by atoms with Gasteiger partial charge in [-0.15, -0.1) is 0 Å². The van der Waals surface area contributed by atoms with Crippen LogP contribution in [-0.4, -0.2) is 10.1 Å². The first-order chi connectivity index (χ1) is 8.69. The van der Waals surface area contributed by atoms with Crippen molar-refractivity contribution in [3.8, 4) is 0 Å². The van der Waals surface area contributed by atoms with E-state index in [2.05, 4.69) is 51.3 Å². The molecule has 2 rings (SSSR count). The minimum absolute atomic E-state index is 0.555. The van der Waals surface area contributed by atoms with Crippen molar-refractivity contribution in [3.05, 3.63) is 40.0 Å². The van der Waals surface area contributed by atoms with Crippen LogP contribution in [0.25, 0.3) is 0 Å². The molecule has 1 aromatic heterocycles. The molecule has 0 fully saturated rings. The topological polar surface area (TPSA) is 51.0 Å². The number of nitrogens with zero attached hydrogens (tertiary/aromatic N) is 2. The van der Waals surface area contributed by atoms with Gasteiger partial charge in [-0.3, -0.25) is 0 Å². The Balaban J connectivity index is 1.97. The molecule has 0 atom stereocenters. The molecule has 0 bridgehead atoms. The molecule has 0 aliphatic rings. The molecule has 0 spiro atoms. The van der Waals surface area contributed by atoms with Crippen molar-refractivity contribution < 1.29 is 4.52 Å². The molecule has 0 amide bonds. The summed E-state index contributed by atoms with van der Waals surface area (Å²) in [7, 11) is 0. The molecule has 0 radical (unpaired) electrons. The molecule has 4 nitrogen and oxygen atoms in total. The van der Waals surface area contributed by atoms with Crippen LogP contribution in [0.1, 0.15) is 30.6 Å². The lowest BCUT2D eigenvalue weighted by Gasteiger charge is -2.07. The summed E-state index contributed by atoms with van der Waals surface area (Å²) in [5, 5.41) is 7.22. The molecule has 0 aliphatic heterocycles. The van der Waals surface area contributed by atoms with Crippen molar-refractivity contribution in [1.82, 2.24) is 10.1 Å². The summed E-state index contributed by atoms with van der Waals surface area (Å²) in [6.07, 6.45) is 1.89. The van der Waals surface area contributed by atoms with Crippen molar-refractivity contribution in [2.45, 2.75) is 33.2 Å². The van der Waals surface area contributed by atoms with Crippen LogP contribution in [0.5, 0.6) is 0 Å². The Morgan fingerprint density at radius 3 is 2.94 bits per heavy atom. The molecular formula is C13H16BrN3O. The summed E-state index contributed by atoms with van der Waals surface area (Å²) in [6.45, 7) is 4.71. The first-order valence-corrected chi connectivity index (χ1v) is 6.80. The lowest BCUT2D eigenvalue weighted by Crippen LogP contribution is -2.01. The van der Waals surface area contributed by atoms with Gasteiger partial charge in [0.1, 0.15) is 0 Å². The van der Waals surface area contributed by atoms with Gasteiger partial charge in [-0.1, -0.05) is 28.0 Å². The van der Waals surface area contributed by atoms with Crippen molar-refractivity contribution in [2.24, 2.45) is 0 Å². The summed E-state index contributed by atoms with van der Waals surface area (Å²) in [6, 6.07) is 6.10. The van der Waals surface area contributed by atoms with E-state index in [9.17, 15) is 0 Å². The van der Waals surface area contributed by atoms with Crippen LogP contribution in [0.15, 0.2) is 27.2 Å². The summed E-state index contributed by atoms with van der Waals surface area (Å²) in [5.41, 5.74) is 2.26. The second-order valence-corrected chi connectivity index (χ2v) is 5.08. The number of aromatic nitrogens is 2. The highest BCUT2D eigenvalue weighted by atomic mass is 79.9. The Bertz CT molecular complexity index is 525. The van der Waals surface area contributed by atoms with Gasteiger partial charge in [0.2, 0.25) is 5.89 Å². The third-order valence-corrected chi connectivity index (χ3v) is 3.10. The van der Waals surface area contributed by atoms with Gasteiger partial charge in [-0.2, -0.15) is 4.98 Å². The van der Waals surface area contributed by atoms with Crippen LogP contribution >= 0.6 is 15.9 Å². The third kappa shape index (κ3) is 3.32. The molecular weight excluding hydrogens is 294 g/mol. The molecule has 1 aromatic carbocycles. The lowest BCUT2D eigenvalue weighted by molar-refractivity contribution is 0.377. The number of hydrogen-bond donors (Lipinski definition) is 1. The van der Waals surface area contributed by atoms with E-state index in [-0.39, 0.29) is 0 Å². The van der Waals surface area contributed by atoms with Gasteiger partial charge in [0, 0.05) is 16.6 Å². The normalized spacial score (nSPS) is 10.6. The Kier molecular flexibility index (Phi) is 4.36. The van der Waals surface area contributed by atoms with Crippen molar-refractivity contribution >= 4 is 21.6 Å². The highest BCUT2D eigenvalue weighted by Gasteiger charge is 2.06. The molecule has 18 heavy (non-hydrogen) atoms. The van der Waals surface area contributed by atoms with E-state index in [1.165, 1.54) is 5.56 Å². The molecule has 0 saturated heterocycles. The van der Waals surface area contributed by atoms with Crippen molar-refractivity contribution in [3.63, 3.8) is 0 Å². The van der Waals surface area contributed by atoms with Crippen molar-refractivity contribution in [1.29, 1.82) is 0 Å². The molecule has 1 N–H and O–H groups in total. The quantitative estimate of drug-likeness (QED) is 0.915. The second-order valence-electron chi connectivity index (χ2n) is 4.17. The van der Waals surface area contributed by atoms with E-state index in [1.54, 1.807) is 0 Å². The van der Waals surface area contributed by atoms with Crippen LogP contribution in [0.4, 0.5) is 5.69 Å². The maximum absolute atomic E-state index is 5.17. The molecule has 0 saturated carbocycles. The van der Waals surface area contributed by atoms with Crippen molar-refractivity contribution in [2.75, 3.05) is 5.32 Å². The molecule has 5 heteroatoms. The summed E-state index contributed by atoms with van der Waals surface area (Å²) >= 11 is 3.44. The first-order valence-electron chi connectivity index (χ1n) is 6.00. The largest absolute Gasteiger partial charge is 0.376 e. The Morgan fingerprint density at radius 1 is 1.39 bits per heavy atom. The monoisotopic (exact) mass is 309 g/mol. The number of aryl methyl sites for hydroxylation is 2. The molecule has 96 valence electrons. The summed E-state index contributed by atoms with van der Waals surface area (Å²) in [4.78, 5) is 4.31. The van der Waals surface area contributed by atoms with Gasteiger partial charge >= 0.3 is 0 Å². The van der Waals surface area contributed by atoms with Gasteiger partial charge in [0.05, 0.1) is 6.54 Å². The first kappa shape index (κ1) is 13.1. The van der Waals surface area contributed by atoms with Gasteiger partial charge in [-0.05, 0) is 37.1 Å². The maximum Gasteiger partial charge on any atom is 0.245 e. The fraction of sp³-hybridized carbons (Fsp3) is 0.385. The highest BCUT2D eigenvalue weighted by molar-refractivity contribution is 9.10. The zero-order valence-corrected chi connectivity index (χ0v) is 12.1. The molecule has 0 unspecified atom stereocenters. The highest BCUT2D eigenvalue weighted by Crippen LogP contribution is 2.20. The van der Waals surface area contributed by atoms with Crippen LogP contribution < -0.4 is 5.32 Å². The Morgan fingerprint density at radius 2 is 2.22 bits per heavy atom. The van der Waals surface area contributed by atoms with E-state index in [0.29, 0.717) is 12.4 Å². The van der Waals surface area contributed by atoms with E-state index >= 15 is 0 Å². The Labute approximate surface area is 115 Å². The minimum atomic E-state index is 0.555. The molecule has 0 aliphatic carbocycles. The predicted octanol–water partition coefficient (Wildman–Crippen LogP) is 3.71. The second kappa shape index (κ2) is 6.00. The van der Waals surface area contributed by atoms with Crippen LogP contribution in [0.2, 0.25) is 0 Å². The van der Waals surface area contributed by atoms with E-state index in [0.717, 1.165) is 28.8 Å². The average Bonchev–Trinajstić information content (AvgIpc) is 2.76. The van der Waals surface area contributed by atoms with Crippen LogP contribution in [-0.2, 0) is 13.0 Å². The number of benzene rings is 1. The van der Waals surface area contributed by atoms with E-state index < -0.39 is 0 Å². The van der Waals surface area contributed by atoms with Crippen LogP contribution in [0.3, 0.4) is 0 Å². The number of halogens is 1. The maximum atomic E-state index is 5.17. The van der Waals surface area contributed by atoms with E-state index in [4.69, 9.17) is 4.52 Å². The van der Waals surface area contributed by atoms with Gasteiger partial charge in [0.25, 0.3) is 0 Å². The van der Waals surface area contributed by atoms with Gasteiger partial charge in [-0.25, -0.2) is 0 Å². The number of hydrogen-bond acceptors (Lipinski definition) is 4. The SMILES string of the molecule is CCCc1noc(CNc2ccc(Br)cc2C)n1. The standard InChI is InChI=1S/C13H16BrN3O/c1-3-4-12-16-13(18-17-12)8-15-11-6-5-10(14)7-9(11)2/h5-7,15H,3-4,8H2,1-2H3. The number of nitrogens with one attached hydrogen (secondary N) is 1. The zero-order valence-electron chi connectivity index (χ0n) is 10.5. The minimum Gasteiger partial charge on any atom is -0.376 e. The fourth-order valence-corrected chi connectivity index (χ4v) is 2.16. The summed E-state index contributed by atoms with van der Waals surface area (Å²) in [5.74, 6) is 1.41.